The van der Waals surface area contributed by atoms with Gasteiger partial charge >= 0.3 is 5.97 Å². The Morgan fingerprint density at radius 3 is 2.59 bits per heavy atom. The number of nitrogens with two attached hydrogens (primary N) is 1. The van der Waals surface area contributed by atoms with Crippen LogP contribution in [-0.2, 0) is 38.3 Å². The van der Waals surface area contributed by atoms with E-state index < -0.39 is 16.0 Å². The molecule has 1 fully saturated rings. The van der Waals surface area contributed by atoms with E-state index in [9.17, 15) is 13.2 Å². The lowest BCUT2D eigenvalue weighted by Gasteiger charge is -2.32. The monoisotopic (exact) mass is 683 g/mol. The molecule has 3 heterocycles. The molecule has 2 aromatic heterocycles. The molecule has 0 radical (unpaired) electrons. The van der Waals surface area contributed by atoms with Crippen LogP contribution in [0.4, 0.5) is 5.69 Å². The summed E-state index contributed by atoms with van der Waals surface area (Å²) in [5.41, 5.74) is 11.6. The smallest absolute Gasteiger partial charge is 0.355 e. The van der Waals surface area contributed by atoms with Crippen LogP contribution >= 0.6 is 0 Å². The van der Waals surface area contributed by atoms with E-state index in [1.54, 1.807) is 7.11 Å². The normalized spacial score (nSPS) is 15.6. The van der Waals surface area contributed by atoms with Crippen LogP contribution in [0.15, 0.2) is 72.8 Å². The van der Waals surface area contributed by atoms with Gasteiger partial charge in [0.05, 0.1) is 31.2 Å². The number of nitrogens with one attached hydrogen (secondary N) is 1. The Labute approximate surface area is 288 Å². The molecule has 5 aromatic rings. The Morgan fingerprint density at radius 1 is 1.02 bits per heavy atom. The Kier molecular flexibility index (Phi) is 10.6. The highest BCUT2D eigenvalue weighted by molar-refractivity contribution is 7.91. The molecule has 3 aromatic carbocycles. The lowest BCUT2D eigenvalue weighted by atomic mass is 9.99. The molecule has 1 saturated heterocycles. The van der Waals surface area contributed by atoms with Crippen LogP contribution < -0.4 is 10.5 Å². The van der Waals surface area contributed by atoms with Gasteiger partial charge in [0.1, 0.15) is 11.3 Å². The van der Waals surface area contributed by atoms with Crippen molar-refractivity contribution in [2.24, 2.45) is 11.7 Å². The van der Waals surface area contributed by atoms with Crippen molar-refractivity contribution < 1.29 is 22.7 Å². The number of carbonyl (C=O) groups excluding carboxylic acids is 1. The van der Waals surface area contributed by atoms with Gasteiger partial charge in [-0.25, -0.2) is 18.2 Å². The molecule has 49 heavy (non-hydrogen) atoms. The highest BCUT2D eigenvalue weighted by Crippen LogP contribution is 2.29. The summed E-state index contributed by atoms with van der Waals surface area (Å²) in [6.45, 7) is 8.10. The van der Waals surface area contributed by atoms with Crippen LogP contribution in [0, 0.1) is 19.8 Å². The molecule has 0 spiro atoms. The maximum atomic E-state index is 13.8. The molecule has 1 aliphatic heterocycles. The third-order valence-electron chi connectivity index (χ3n) is 9.41. The topological polar surface area (TPSA) is 129 Å². The maximum absolute atomic E-state index is 13.8. The van der Waals surface area contributed by atoms with E-state index in [2.05, 4.69) is 9.62 Å². The molecule has 10 nitrogen and oxygen atoms in total. The molecular weight excluding hydrogens is 639 g/mol. The number of benzene rings is 3. The standard InChI is InChI=1S/C38H45N5O5S/c1-26-8-6-9-27(2)35(26)25-49(45,46)41-33-18-29-11-4-5-12-34(29)31(19-33)23-43-36(20-30-13-14-32(21-39)40-37(30)43)38(44)48-24-28-10-7-15-42(22-28)16-17-47-3/h4-6,8-9,11-14,18-20,28,41H,7,10,15-17,21-25,39H2,1-3H3/t28-/m0/s1. The van der Waals surface area contributed by atoms with Crippen molar-refractivity contribution in [3.8, 4) is 0 Å². The number of anilines is 1. The number of sulfonamides is 1. The van der Waals surface area contributed by atoms with Gasteiger partial charge < -0.3 is 24.7 Å². The van der Waals surface area contributed by atoms with E-state index >= 15 is 0 Å². The molecule has 0 saturated carbocycles. The molecule has 0 amide bonds. The van der Waals surface area contributed by atoms with Crippen molar-refractivity contribution in [2.45, 2.75) is 45.5 Å². The number of methoxy groups -OCH3 is 1. The Hall–Kier alpha value is -4.29. The predicted octanol–water partition coefficient (Wildman–Crippen LogP) is 5.77. The van der Waals surface area contributed by atoms with Crippen LogP contribution in [0.25, 0.3) is 21.8 Å². The summed E-state index contributed by atoms with van der Waals surface area (Å²) in [4.78, 5) is 21.0. The third-order valence-corrected chi connectivity index (χ3v) is 10.6. The van der Waals surface area contributed by atoms with Gasteiger partial charge in [-0.1, -0.05) is 42.5 Å². The van der Waals surface area contributed by atoms with Gasteiger partial charge in [0, 0.05) is 43.7 Å². The van der Waals surface area contributed by atoms with Gasteiger partial charge in [-0.3, -0.25) is 4.72 Å². The van der Waals surface area contributed by atoms with E-state index in [1.807, 2.05) is 91.2 Å². The molecule has 11 heteroatoms. The number of hydrogen-bond donors (Lipinski definition) is 2. The number of pyridine rings is 1. The van der Waals surface area contributed by atoms with Crippen molar-refractivity contribution in [1.82, 2.24) is 14.5 Å². The van der Waals surface area contributed by atoms with Crippen LogP contribution in [-0.4, -0.2) is 68.8 Å². The maximum Gasteiger partial charge on any atom is 0.355 e. The fraction of sp³-hybridized carbons (Fsp3) is 0.368. The second kappa shape index (κ2) is 15.1. The quantitative estimate of drug-likeness (QED) is 0.150. The number of aromatic nitrogens is 2. The molecule has 0 unspecified atom stereocenters. The number of aryl methyl sites for hydroxylation is 2. The van der Waals surface area contributed by atoms with E-state index in [1.165, 1.54) is 0 Å². The zero-order valence-electron chi connectivity index (χ0n) is 28.4. The number of nitrogens with zero attached hydrogens (tertiary/aromatic N) is 3. The fourth-order valence-electron chi connectivity index (χ4n) is 6.82. The van der Waals surface area contributed by atoms with Crippen molar-refractivity contribution in [3.63, 3.8) is 0 Å². The molecule has 0 aliphatic carbocycles. The summed E-state index contributed by atoms with van der Waals surface area (Å²) in [5, 5.41) is 2.60. The molecule has 3 N–H and O–H groups in total. The SMILES string of the molecule is COCCN1CCC[C@H](COC(=O)c2cc3ccc(CN)nc3n2Cc2cc(NS(=O)(=O)Cc3c(C)cccc3C)cc3ccccc23)C1. The summed E-state index contributed by atoms with van der Waals surface area (Å²) in [7, 11) is -2.03. The zero-order valence-corrected chi connectivity index (χ0v) is 29.3. The Morgan fingerprint density at radius 2 is 1.82 bits per heavy atom. The van der Waals surface area contributed by atoms with Crippen molar-refractivity contribution in [2.75, 3.05) is 44.7 Å². The predicted molar refractivity (Wildman–Crippen MR) is 194 cm³/mol. The molecule has 258 valence electrons. The van der Waals surface area contributed by atoms with Gasteiger partial charge in [0.2, 0.25) is 10.0 Å². The third kappa shape index (κ3) is 8.13. The summed E-state index contributed by atoms with van der Waals surface area (Å²) in [6.07, 6.45) is 2.05. The van der Waals surface area contributed by atoms with E-state index in [4.69, 9.17) is 20.2 Å². The molecule has 0 bridgehead atoms. The zero-order chi connectivity index (χ0) is 34.5. The van der Waals surface area contributed by atoms with Gasteiger partial charge in [0.15, 0.2) is 0 Å². The average Bonchev–Trinajstić information content (AvgIpc) is 3.45. The minimum Gasteiger partial charge on any atom is -0.461 e. The molecule has 1 atom stereocenters. The van der Waals surface area contributed by atoms with Crippen LogP contribution in [0.5, 0.6) is 0 Å². The molecule has 6 rings (SSSR count). The summed E-state index contributed by atoms with van der Waals surface area (Å²) >= 11 is 0. The lowest BCUT2D eigenvalue weighted by molar-refractivity contribution is 0.0321. The first-order valence-electron chi connectivity index (χ1n) is 16.8. The first-order chi connectivity index (χ1) is 23.6. The van der Waals surface area contributed by atoms with Gasteiger partial charge in [-0.2, -0.15) is 0 Å². The van der Waals surface area contributed by atoms with Gasteiger partial charge in [-0.05, 0) is 96.6 Å². The summed E-state index contributed by atoms with van der Waals surface area (Å²) < 4.78 is 42.9. The Bertz CT molecular complexity index is 2060. The van der Waals surface area contributed by atoms with Crippen molar-refractivity contribution >= 4 is 43.5 Å². The molecule has 1 aliphatic rings. The second-order valence-corrected chi connectivity index (χ2v) is 14.7. The van der Waals surface area contributed by atoms with Crippen LogP contribution in [0.3, 0.4) is 0 Å². The summed E-state index contributed by atoms with van der Waals surface area (Å²) in [6, 6.07) is 22.9. The van der Waals surface area contributed by atoms with Crippen LogP contribution in [0.1, 0.15) is 51.3 Å². The number of rotatable bonds is 13. The Balaban J connectivity index is 1.32. The average molecular weight is 684 g/mol. The molecular formula is C38H45N5O5S. The number of carbonyl (C=O) groups is 1. The first-order valence-corrected chi connectivity index (χ1v) is 18.4. The van der Waals surface area contributed by atoms with E-state index in [-0.39, 0.29) is 24.8 Å². The highest BCUT2D eigenvalue weighted by Gasteiger charge is 2.24. The largest absolute Gasteiger partial charge is 0.461 e. The number of esters is 1. The van der Waals surface area contributed by atoms with E-state index in [0.29, 0.717) is 35.9 Å². The first kappa shape index (κ1) is 34.6. The number of likely N-dealkylation sites (tertiary alicyclic amines) is 1. The van der Waals surface area contributed by atoms with Crippen molar-refractivity contribution in [3.05, 3.63) is 106 Å². The second-order valence-electron chi connectivity index (χ2n) is 13.0. The number of piperidine rings is 1. The number of fused-ring (bicyclic) bond motifs is 2. The van der Waals surface area contributed by atoms with Crippen LogP contribution in [0.2, 0.25) is 0 Å². The van der Waals surface area contributed by atoms with Gasteiger partial charge in [-0.15, -0.1) is 0 Å². The lowest BCUT2D eigenvalue weighted by Crippen LogP contribution is -2.39. The van der Waals surface area contributed by atoms with E-state index in [0.717, 1.165) is 70.9 Å². The number of hydrogen-bond acceptors (Lipinski definition) is 8. The minimum atomic E-state index is -3.74. The van der Waals surface area contributed by atoms with Gasteiger partial charge in [0.25, 0.3) is 0 Å². The minimum absolute atomic E-state index is 0.136. The highest BCUT2D eigenvalue weighted by atomic mass is 32.2. The number of ether oxygens (including phenoxy) is 2. The fourth-order valence-corrected chi connectivity index (χ4v) is 8.20. The summed E-state index contributed by atoms with van der Waals surface area (Å²) in [5.74, 6) is -0.314. The van der Waals surface area contributed by atoms with Crippen molar-refractivity contribution in [1.29, 1.82) is 0 Å².